The number of carbonyl (C=O) groups excluding carboxylic acids is 7. The number of rotatable bonds is 23. The number of hydrogen-bond donors (Lipinski definition) is 4. The van der Waals surface area contributed by atoms with Crippen LogP contribution in [0.2, 0.25) is 0 Å². The number of hydrogen-bond acceptors (Lipinski definition) is 14. The number of unbranched alkanes of at least 4 members (excludes halogenated alkanes) is 4. The van der Waals surface area contributed by atoms with Crippen molar-refractivity contribution >= 4 is 41.6 Å². The zero-order chi connectivity index (χ0) is 41.7. The Morgan fingerprint density at radius 2 is 1.59 bits per heavy atom. The van der Waals surface area contributed by atoms with Crippen LogP contribution < -0.4 is 16.0 Å². The highest BCUT2D eigenvalue weighted by Crippen LogP contribution is 2.36. The minimum Gasteiger partial charge on any atom is -0.465 e. The maximum absolute atomic E-state index is 13.4. The van der Waals surface area contributed by atoms with Crippen molar-refractivity contribution in [3.8, 4) is 12.3 Å². The molecular formula is C39H55N3O14. The van der Waals surface area contributed by atoms with Crippen LogP contribution in [0.15, 0.2) is 24.3 Å². The van der Waals surface area contributed by atoms with Gasteiger partial charge in [0, 0.05) is 45.7 Å². The molecule has 4 N–H and O–H groups in total. The first kappa shape index (κ1) is 47.1. The Kier molecular flexibility index (Phi) is 20.6. The van der Waals surface area contributed by atoms with Gasteiger partial charge in [0.2, 0.25) is 11.8 Å². The molecule has 17 nitrogen and oxygen atoms in total. The number of aliphatic hydroxyl groups is 1. The molecular weight excluding hydrogens is 734 g/mol. The molecule has 0 unspecified atom stereocenters. The SMILES string of the molecule is C#Cc1ccc(CC(=O)NC[C@@H](OC(C)=O)[C@@H](OC(C)=O)[C@@H]2O[C@@](OCCCCCCNC(=O)CCCC)(C(=O)OC)C[C@H](O)[C@H]2NC(=O)COC(C)=O)cc1. The predicted molar refractivity (Wildman–Crippen MR) is 198 cm³/mol. The quantitative estimate of drug-likeness (QED) is 0.0528. The van der Waals surface area contributed by atoms with E-state index in [1.54, 1.807) is 24.3 Å². The summed E-state index contributed by atoms with van der Waals surface area (Å²) < 4.78 is 33.2. The Bertz CT molecular complexity index is 1530. The molecule has 0 spiro atoms. The molecule has 6 atom stereocenters. The number of amides is 3. The van der Waals surface area contributed by atoms with Gasteiger partial charge in [0.1, 0.15) is 6.10 Å². The lowest BCUT2D eigenvalue weighted by Crippen LogP contribution is -2.69. The van der Waals surface area contributed by atoms with Gasteiger partial charge >= 0.3 is 23.9 Å². The molecule has 0 aliphatic carbocycles. The third-order valence-electron chi connectivity index (χ3n) is 8.58. The number of carbonyl (C=O) groups is 7. The summed E-state index contributed by atoms with van der Waals surface area (Å²) >= 11 is 0. The summed E-state index contributed by atoms with van der Waals surface area (Å²) in [6.07, 6.45) is 2.90. The van der Waals surface area contributed by atoms with E-state index in [1.165, 1.54) is 0 Å². The Balaban J connectivity index is 2.38. The lowest BCUT2D eigenvalue weighted by molar-refractivity contribution is -0.313. The highest BCUT2D eigenvalue weighted by Gasteiger charge is 2.58. The Hall–Kier alpha value is -5.05. The van der Waals surface area contributed by atoms with E-state index in [2.05, 4.69) is 21.9 Å². The van der Waals surface area contributed by atoms with Crippen LogP contribution in [0.25, 0.3) is 0 Å². The molecule has 3 amide bonds. The number of aliphatic hydroxyl groups excluding tert-OH is 1. The van der Waals surface area contributed by atoms with E-state index in [-0.39, 0.29) is 18.9 Å². The zero-order valence-corrected chi connectivity index (χ0v) is 32.7. The highest BCUT2D eigenvalue weighted by atomic mass is 16.7. The molecule has 1 aromatic rings. The van der Waals surface area contributed by atoms with Gasteiger partial charge in [-0.3, -0.25) is 28.8 Å². The van der Waals surface area contributed by atoms with Crippen molar-refractivity contribution in [2.45, 2.75) is 122 Å². The summed E-state index contributed by atoms with van der Waals surface area (Å²) in [6.45, 7) is 4.46. The van der Waals surface area contributed by atoms with Crippen molar-refractivity contribution < 1.29 is 67.1 Å². The molecule has 0 saturated carbocycles. The molecule has 1 aromatic carbocycles. The lowest BCUT2D eigenvalue weighted by Gasteiger charge is -2.47. The fraction of sp³-hybridized carbons (Fsp3) is 0.615. The summed E-state index contributed by atoms with van der Waals surface area (Å²) in [6, 6.07) is 5.17. The summed E-state index contributed by atoms with van der Waals surface area (Å²) in [4.78, 5) is 87.6. The van der Waals surface area contributed by atoms with E-state index >= 15 is 0 Å². The number of nitrogens with one attached hydrogen (secondary N) is 3. The van der Waals surface area contributed by atoms with E-state index in [0.717, 1.165) is 47.1 Å². The van der Waals surface area contributed by atoms with Gasteiger partial charge in [-0.25, -0.2) is 4.79 Å². The molecule has 0 aromatic heterocycles. The first-order chi connectivity index (χ1) is 26.6. The van der Waals surface area contributed by atoms with Gasteiger partial charge in [0.25, 0.3) is 11.7 Å². The molecule has 1 aliphatic rings. The fourth-order valence-electron chi connectivity index (χ4n) is 5.88. The maximum atomic E-state index is 13.4. The second-order valence-electron chi connectivity index (χ2n) is 13.2. The normalized spacial score (nSPS) is 19.9. The van der Waals surface area contributed by atoms with E-state index in [9.17, 15) is 38.7 Å². The van der Waals surface area contributed by atoms with Gasteiger partial charge in [-0.2, -0.15) is 0 Å². The minimum absolute atomic E-state index is 0.00383. The van der Waals surface area contributed by atoms with E-state index in [4.69, 9.17) is 34.8 Å². The second kappa shape index (κ2) is 24.5. The van der Waals surface area contributed by atoms with Crippen molar-refractivity contribution in [2.75, 3.05) is 33.4 Å². The highest BCUT2D eigenvalue weighted by molar-refractivity contribution is 5.81. The van der Waals surface area contributed by atoms with Crippen molar-refractivity contribution in [3.05, 3.63) is 35.4 Å². The maximum Gasteiger partial charge on any atom is 0.366 e. The molecule has 56 heavy (non-hydrogen) atoms. The zero-order valence-electron chi connectivity index (χ0n) is 32.7. The van der Waals surface area contributed by atoms with Crippen molar-refractivity contribution in [3.63, 3.8) is 0 Å². The van der Waals surface area contributed by atoms with Crippen molar-refractivity contribution in [1.29, 1.82) is 0 Å². The predicted octanol–water partition coefficient (Wildman–Crippen LogP) is 1.14. The monoisotopic (exact) mass is 789 g/mol. The van der Waals surface area contributed by atoms with Crippen molar-refractivity contribution in [2.24, 2.45) is 0 Å². The van der Waals surface area contributed by atoms with Crippen LogP contribution in [0.5, 0.6) is 0 Å². The largest absolute Gasteiger partial charge is 0.465 e. The molecule has 1 fully saturated rings. The molecule has 1 aliphatic heterocycles. The topological polar surface area (TPSA) is 231 Å². The molecule has 1 saturated heterocycles. The molecule has 310 valence electrons. The van der Waals surface area contributed by atoms with Gasteiger partial charge in [0.15, 0.2) is 18.8 Å². The van der Waals surface area contributed by atoms with E-state index in [0.29, 0.717) is 43.4 Å². The van der Waals surface area contributed by atoms with Gasteiger partial charge in [-0.05, 0) is 37.0 Å². The third kappa shape index (κ3) is 16.4. The number of ether oxygens (including phenoxy) is 6. The van der Waals surface area contributed by atoms with Gasteiger partial charge in [-0.15, -0.1) is 6.42 Å². The number of benzene rings is 1. The van der Waals surface area contributed by atoms with Gasteiger partial charge in [0.05, 0.1) is 38.8 Å². The summed E-state index contributed by atoms with van der Waals surface area (Å²) in [5, 5.41) is 19.6. The number of esters is 4. The Morgan fingerprint density at radius 3 is 2.20 bits per heavy atom. The molecule has 1 heterocycles. The summed E-state index contributed by atoms with van der Waals surface area (Å²) in [5.41, 5.74) is 1.23. The van der Waals surface area contributed by atoms with Crippen LogP contribution >= 0.6 is 0 Å². The van der Waals surface area contributed by atoms with Gasteiger partial charge in [-0.1, -0.05) is 44.2 Å². The number of methoxy groups -OCH3 is 1. The minimum atomic E-state index is -2.31. The molecule has 2 rings (SSSR count). The van der Waals surface area contributed by atoms with Crippen LogP contribution in [0.4, 0.5) is 0 Å². The molecule has 0 radical (unpaired) electrons. The van der Waals surface area contributed by atoms with Crippen LogP contribution in [-0.4, -0.2) is 116 Å². The van der Waals surface area contributed by atoms with Crippen LogP contribution in [0, 0.1) is 12.3 Å². The average Bonchev–Trinajstić information content (AvgIpc) is 3.15. The van der Waals surface area contributed by atoms with Gasteiger partial charge < -0.3 is 49.5 Å². The standard InChI is InChI=1S/C39H55N3O14/c1-7-9-14-32(47)40-19-12-10-11-13-20-53-39(38(50)51-6)22-30(46)35(42-34(49)24-52-25(3)43)37(56-39)36(55-27(5)45)31(54-26(4)44)23-41-33(48)21-29-17-15-28(8-2)16-18-29/h2,15-18,30-31,35-37,46H,7,9-14,19-24H2,1,3-6H3,(H,40,47)(H,41,48)(H,42,49)/t30-,31+,35+,36+,37+,39+/m0/s1. The Labute approximate surface area is 327 Å². The van der Waals surface area contributed by atoms with Crippen LogP contribution in [0.1, 0.15) is 90.2 Å². The number of terminal acetylenes is 1. The Morgan fingerprint density at radius 1 is 0.911 bits per heavy atom. The second-order valence-corrected chi connectivity index (χ2v) is 13.2. The first-order valence-electron chi connectivity index (χ1n) is 18.6. The molecule has 17 heteroatoms. The van der Waals surface area contributed by atoms with Crippen LogP contribution in [0.3, 0.4) is 0 Å². The van der Waals surface area contributed by atoms with Crippen LogP contribution in [-0.2, 0) is 68.4 Å². The van der Waals surface area contributed by atoms with E-state index in [1.807, 2.05) is 6.92 Å². The van der Waals surface area contributed by atoms with E-state index < -0.39 is 91.5 Å². The fourth-order valence-corrected chi connectivity index (χ4v) is 5.88. The smallest absolute Gasteiger partial charge is 0.366 e. The summed E-state index contributed by atoms with van der Waals surface area (Å²) in [5.74, 6) is -4.82. The first-order valence-corrected chi connectivity index (χ1v) is 18.6. The lowest BCUT2D eigenvalue weighted by atomic mass is 9.88. The summed E-state index contributed by atoms with van der Waals surface area (Å²) in [7, 11) is 1.07. The van der Waals surface area contributed by atoms with Crippen molar-refractivity contribution in [1.82, 2.24) is 16.0 Å². The third-order valence-corrected chi connectivity index (χ3v) is 8.58. The average molecular weight is 790 g/mol. The molecule has 0 bridgehead atoms.